The van der Waals surface area contributed by atoms with Crippen LogP contribution in [0.25, 0.3) is 11.1 Å². The van der Waals surface area contributed by atoms with E-state index in [0.717, 1.165) is 22.4 Å². The average molecular weight is 351 g/mol. The van der Waals surface area contributed by atoms with Crippen molar-refractivity contribution in [1.29, 1.82) is 0 Å². The minimum absolute atomic E-state index is 0.195. The number of carbonyl (C=O) groups excluding carboxylic acids is 1. The third-order valence-electron chi connectivity index (χ3n) is 4.01. The maximum absolute atomic E-state index is 12.5. The molecule has 0 aliphatic carbocycles. The first-order valence-corrected chi connectivity index (χ1v) is 8.33. The number of aromatic nitrogens is 3. The van der Waals surface area contributed by atoms with Crippen LogP contribution in [0.4, 0.5) is 10.6 Å². The van der Waals surface area contributed by atoms with Gasteiger partial charge in [-0.2, -0.15) is 5.10 Å². The highest BCUT2D eigenvalue weighted by molar-refractivity contribution is 5.88. The number of hydrogen-bond donors (Lipinski definition) is 2. The quantitative estimate of drug-likeness (QED) is 0.711. The summed E-state index contributed by atoms with van der Waals surface area (Å²) in [5.41, 5.74) is 2.88. The fraction of sp³-hybridized carbons (Fsp3) is 0.211. The Labute approximate surface area is 152 Å². The Morgan fingerprint density at radius 2 is 2.12 bits per heavy atom. The molecule has 26 heavy (non-hydrogen) atoms. The number of aromatic amines is 1. The second kappa shape index (κ2) is 8.15. The molecule has 0 unspecified atom stereocenters. The molecule has 0 atom stereocenters. The predicted octanol–water partition coefficient (Wildman–Crippen LogP) is 3.53. The molecule has 134 valence electrons. The molecule has 0 radical (unpaired) electrons. The fourth-order valence-corrected chi connectivity index (χ4v) is 2.55. The highest BCUT2D eigenvalue weighted by Crippen LogP contribution is 2.18. The van der Waals surface area contributed by atoms with Gasteiger partial charge in [-0.3, -0.25) is 10.4 Å². The predicted molar refractivity (Wildman–Crippen MR) is 99.9 cm³/mol. The minimum Gasteiger partial charge on any atom is -0.497 e. The Morgan fingerprint density at radius 3 is 2.77 bits per heavy atom. The second-order valence-electron chi connectivity index (χ2n) is 5.71. The Bertz CT molecular complexity index is 847. The van der Waals surface area contributed by atoms with Gasteiger partial charge in [0.25, 0.3) is 0 Å². The number of H-pyrrole nitrogens is 1. The van der Waals surface area contributed by atoms with Crippen LogP contribution in [0.2, 0.25) is 0 Å². The molecule has 1 aromatic carbocycles. The summed E-state index contributed by atoms with van der Waals surface area (Å²) >= 11 is 0. The molecule has 3 rings (SSSR count). The normalized spacial score (nSPS) is 10.4. The van der Waals surface area contributed by atoms with Gasteiger partial charge < -0.3 is 9.64 Å². The molecule has 0 spiro atoms. The van der Waals surface area contributed by atoms with E-state index in [4.69, 9.17) is 4.74 Å². The molecule has 7 nitrogen and oxygen atoms in total. The molecule has 3 aromatic rings. The molecular weight excluding hydrogens is 330 g/mol. The van der Waals surface area contributed by atoms with Crippen molar-refractivity contribution in [2.24, 2.45) is 0 Å². The van der Waals surface area contributed by atoms with Crippen molar-refractivity contribution in [3.05, 3.63) is 60.6 Å². The van der Waals surface area contributed by atoms with Gasteiger partial charge in [-0.05, 0) is 36.8 Å². The molecule has 2 aromatic heterocycles. The number of amides is 2. The lowest BCUT2D eigenvalue weighted by Crippen LogP contribution is -2.34. The molecule has 7 heteroatoms. The van der Waals surface area contributed by atoms with Gasteiger partial charge in [0.1, 0.15) is 11.6 Å². The number of ether oxygens (including phenoxy) is 1. The molecule has 0 saturated heterocycles. The van der Waals surface area contributed by atoms with E-state index in [2.05, 4.69) is 20.5 Å². The minimum atomic E-state index is -0.195. The summed E-state index contributed by atoms with van der Waals surface area (Å²) in [5.74, 6) is 1.28. The first kappa shape index (κ1) is 17.5. The van der Waals surface area contributed by atoms with Crippen LogP contribution >= 0.6 is 0 Å². The molecule has 2 N–H and O–H groups in total. The van der Waals surface area contributed by atoms with E-state index >= 15 is 0 Å². The summed E-state index contributed by atoms with van der Waals surface area (Å²) in [6.45, 7) is 3.01. The number of nitrogens with zero attached hydrogens (tertiary/aromatic N) is 3. The molecule has 0 aliphatic rings. The average Bonchev–Trinajstić information content (AvgIpc) is 3.21. The van der Waals surface area contributed by atoms with Gasteiger partial charge in [0.15, 0.2) is 0 Å². The number of pyridine rings is 1. The van der Waals surface area contributed by atoms with Crippen LogP contribution in [0.15, 0.2) is 55.0 Å². The summed E-state index contributed by atoms with van der Waals surface area (Å²) in [6.07, 6.45) is 5.23. The molecule has 0 fully saturated rings. The first-order chi connectivity index (χ1) is 12.7. The van der Waals surface area contributed by atoms with Gasteiger partial charge in [-0.25, -0.2) is 9.78 Å². The maximum Gasteiger partial charge on any atom is 0.323 e. The third kappa shape index (κ3) is 4.18. The van der Waals surface area contributed by atoms with E-state index in [1.807, 2.05) is 37.3 Å². The van der Waals surface area contributed by atoms with Crippen molar-refractivity contribution in [2.45, 2.75) is 13.5 Å². The maximum atomic E-state index is 12.5. The van der Waals surface area contributed by atoms with E-state index in [1.165, 1.54) is 0 Å². The largest absolute Gasteiger partial charge is 0.497 e. The Kier molecular flexibility index (Phi) is 5.48. The number of anilines is 1. The summed E-state index contributed by atoms with van der Waals surface area (Å²) in [7, 11) is 1.63. The van der Waals surface area contributed by atoms with Gasteiger partial charge in [0.05, 0.1) is 13.3 Å². The van der Waals surface area contributed by atoms with Crippen molar-refractivity contribution in [3.63, 3.8) is 0 Å². The van der Waals surface area contributed by atoms with E-state index in [1.54, 1.807) is 36.7 Å². The number of benzene rings is 1. The number of hydrogen-bond acceptors (Lipinski definition) is 4. The SMILES string of the molecule is CCN(Cc1cccc(OC)c1)C(=O)Nc1ccc(-c2cn[nH]c2)cn1. The van der Waals surface area contributed by atoms with Crippen LogP contribution in [0, 0.1) is 0 Å². The molecule has 2 heterocycles. The van der Waals surface area contributed by atoms with E-state index < -0.39 is 0 Å². The zero-order chi connectivity index (χ0) is 18.4. The monoisotopic (exact) mass is 351 g/mol. The van der Waals surface area contributed by atoms with Crippen molar-refractivity contribution >= 4 is 11.8 Å². The van der Waals surface area contributed by atoms with Crippen molar-refractivity contribution in [3.8, 4) is 16.9 Å². The molecule has 0 bridgehead atoms. The second-order valence-corrected chi connectivity index (χ2v) is 5.71. The number of nitrogens with one attached hydrogen (secondary N) is 2. The lowest BCUT2D eigenvalue weighted by Gasteiger charge is -2.21. The van der Waals surface area contributed by atoms with E-state index in [0.29, 0.717) is 18.9 Å². The van der Waals surface area contributed by atoms with Crippen molar-refractivity contribution < 1.29 is 9.53 Å². The van der Waals surface area contributed by atoms with Gasteiger partial charge in [0.2, 0.25) is 0 Å². The summed E-state index contributed by atoms with van der Waals surface area (Å²) in [6, 6.07) is 11.2. The number of urea groups is 1. The molecule has 0 aliphatic heterocycles. The highest BCUT2D eigenvalue weighted by Gasteiger charge is 2.13. The summed E-state index contributed by atoms with van der Waals surface area (Å²) in [5, 5.41) is 9.52. The lowest BCUT2D eigenvalue weighted by atomic mass is 10.2. The Balaban J connectivity index is 1.65. The van der Waals surface area contributed by atoms with E-state index in [-0.39, 0.29) is 6.03 Å². The van der Waals surface area contributed by atoms with Crippen molar-refractivity contribution in [2.75, 3.05) is 19.0 Å². The Morgan fingerprint density at radius 1 is 1.23 bits per heavy atom. The van der Waals surface area contributed by atoms with Crippen LogP contribution in [-0.4, -0.2) is 39.8 Å². The van der Waals surface area contributed by atoms with Gasteiger partial charge in [-0.1, -0.05) is 12.1 Å². The van der Waals surface area contributed by atoms with Crippen molar-refractivity contribution in [1.82, 2.24) is 20.1 Å². The number of methoxy groups -OCH3 is 1. The molecule has 0 saturated carbocycles. The standard InChI is InChI=1S/C19H21N5O2/c1-3-24(13-14-5-4-6-17(9-14)26-2)19(25)23-18-8-7-15(10-20-18)16-11-21-22-12-16/h4-12H,3,13H2,1-2H3,(H,21,22)(H,20,23,25). The zero-order valence-electron chi connectivity index (χ0n) is 14.8. The summed E-state index contributed by atoms with van der Waals surface area (Å²) in [4.78, 5) is 18.6. The van der Waals surface area contributed by atoms with Gasteiger partial charge >= 0.3 is 6.03 Å². The van der Waals surface area contributed by atoms with Crippen LogP contribution in [-0.2, 0) is 6.54 Å². The highest BCUT2D eigenvalue weighted by atomic mass is 16.5. The van der Waals surface area contributed by atoms with Crippen LogP contribution in [0.1, 0.15) is 12.5 Å². The smallest absolute Gasteiger partial charge is 0.323 e. The zero-order valence-corrected chi connectivity index (χ0v) is 14.8. The number of carbonyl (C=O) groups is 1. The Hall–Kier alpha value is -3.35. The van der Waals surface area contributed by atoms with Gasteiger partial charge in [0, 0.05) is 36.6 Å². The molecule has 2 amide bonds. The third-order valence-corrected chi connectivity index (χ3v) is 4.01. The molecular formula is C19H21N5O2. The lowest BCUT2D eigenvalue weighted by molar-refractivity contribution is 0.212. The van der Waals surface area contributed by atoms with E-state index in [9.17, 15) is 4.79 Å². The fourth-order valence-electron chi connectivity index (χ4n) is 2.55. The van der Waals surface area contributed by atoms with Crippen LogP contribution < -0.4 is 10.1 Å². The van der Waals surface area contributed by atoms with Gasteiger partial charge in [-0.15, -0.1) is 0 Å². The van der Waals surface area contributed by atoms with Crippen LogP contribution in [0.3, 0.4) is 0 Å². The number of rotatable bonds is 6. The van der Waals surface area contributed by atoms with Crippen LogP contribution in [0.5, 0.6) is 5.75 Å². The topological polar surface area (TPSA) is 83.1 Å². The first-order valence-electron chi connectivity index (χ1n) is 8.33. The summed E-state index contributed by atoms with van der Waals surface area (Å²) < 4.78 is 5.23.